The standard InChI is InChI=1S/C22H27N5O4/c1-15(2)14-27-19(23)18(20(28)24-22(27)30)26(11-12-31-3)21(29)16-7-6-8-17(13-16)25-9-4-5-10-25/h4-10,13,15H,11-12,14,23H2,1-3H3,(H,24,28,30). The van der Waals surface area contributed by atoms with Crippen LogP contribution in [0.15, 0.2) is 58.4 Å². The number of anilines is 2. The van der Waals surface area contributed by atoms with Crippen molar-refractivity contribution in [3.8, 4) is 5.69 Å². The third-order valence-corrected chi connectivity index (χ3v) is 4.79. The summed E-state index contributed by atoms with van der Waals surface area (Å²) in [6.45, 7) is 4.44. The van der Waals surface area contributed by atoms with Crippen LogP contribution in [-0.4, -0.2) is 40.3 Å². The molecule has 0 aliphatic rings. The predicted octanol–water partition coefficient (Wildman–Crippen LogP) is 1.86. The average molecular weight is 425 g/mol. The van der Waals surface area contributed by atoms with Crippen molar-refractivity contribution in [2.75, 3.05) is 30.9 Å². The zero-order valence-electron chi connectivity index (χ0n) is 17.9. The maximum absolute atomic E-state index is 13.5. The number of carbonyl (C=O) groups excluding carboxylic acids is 1. The molecule has 31 heavy (non-hydrogen) atoms. The van der Waals surface area contributed by atoms with Gasteiger partial charge in [0.1, 0.15) is 5.82 Å². The normalized spacial score (nSPS) is 11.1. The minimum absolute atomic E-state index is 0.0477. The van der Waals surface area contributed by atoms with Crippen molar-refractivity contribution in [2.45, 2.75) is 20.4 Å². The fraction of sp³-hybridized carbons (Fsp3) is 0.318. The minimum Gasteiger partial charge on any atom is -0.383 e. The molecule has 164 valence electrons. The van der Waals surface area contributed by atoms with E-state index in [4.69, 9.17) is 10.5 Å². The molecule has 3 rings (SSSR count). The fourth-order valence-corrected chi connectivity index (χ4v) is 3.34. The van der Waals surface area contributed by atoms with E-state index < -0.39 is 17.2 Å². The Kier molecular flexibility index (Phi) is 6.76. The Morgan fingerprint density at radius 3 is 2.55 bits per heavy atom. The summed E-state index contributed by atoms with van der Waals surface area (Å²) in [5, 5.41) is 0. The van der Waals surface area contributed by atoms with Crippen molar-refractivity contribution < 1.29 is 9.53 Å². The minimum atomic E-state index is -0.714. The highest BCUT2D eigenvalue weighted by Gasteiger charge is 2.25. The zero-order chi connectivity index (χ0) is 22.5. The molecule has 0 saturated carbocycles. The van der Waals surface area contributed by atoms with Crippen LogP contribution in [0.25, 0.3) is 5.69 Å². The number of benzene rings is 1. The number of nitrogens with two attached hydrogens (primary N) is 1. The first-order valence-electron chi connectivity index (χ1n) is 10.00. The van der Waals surface area contributed by atoms with Gasteiger partial charge in [-0.3, -0.25) is 24.0 Å². The monoisotopic (exact) mass is 425 g/mol. The summed E-state index contributed by atoms with van der Waals surface area (Å²) in [7, 11) is 1.50. The third kappa shape index (κ3) is 4.77. The number of methoxy groups -OCH3 is 1. The van der Waals surface area contributed by atoms with E-state index in [2.05, 4.69) is 4.98 Å². The molecule has 9 nitrogen and oxygen atoms in total. The number of carbonyl (C=O) groups is 1. The van der Waals surface area contributed by atoms with E-state index in [1.165, 1.54) is 16.6 Å². The molecule has 1 aromatic carbocycles. The SMILES string of the molecule is COCCN(C(=O)c1cccc(-n2cccc2)c1)c1c(N)n(CC(C)C)c(=O)[nH]c1=O. The lowest BCUT2D eigenvalue weighted by atomic mass is 10.1. The van der Waals surface area contributed by atoms with Crippen LogP contribution in [0, 0.1) is 5.92 Å². The number of aromatic amines is 1. The Bertz CT molecular complexity index is 1160. The Hall–Kier alpha value is -3.59. The number of nitrogens with one attached hydrogen (secondary N) is 1. The predicted molar refractivity (Wildman–Crippen MR) is 120 cm³/mol. The lowest BCUT2D eigenvalue weighted by Gasteiger charge is -2.25. The lowest BCUT2D eigenvalue weighted by Crippen LogP contribution is -2.42. The highest BCUT2D eigenvalue weighted by atomic mass is 16.5. The van der Waals surface area contributed by atoms with Crippen molar-refractivity contribution in [1.29, 1.82) is 0 Å². The third-order valence-electron chi connectivity index (χ3n) is 4.79. The molecule has 0 saturated heterocycles. The quantitative estimate of drug-likeness (QED) is 0.572. The van der Waals surface area contributed by atoms with Crippen LogP contribution >= 0.6 is 0 Å². The number of nitrogen functional groups attached to an aromatic ring is 1. The fourth-order valence-electron chi connectivity index (χ4n) is 3.34. The largest absolute Gasteiger partial charge is 0.383 e. The molecular weight excluding hydrogens is 398 g/mol. The molecule has 2 heterocycles. The topological polar surface area (TPSA) is 115 Å². The molecule has 0 aliphatic heterocycles. The van der Waals surface area contributed by atoms with Crippen LogP contribution in [0.2, 0.25) is 0 Å². The second-order valence-corrected chi connectivity index (χ2v) is 7.59. The Labute approximate surface area is 179 Å². The molecule has 3 N–H and O–H groups in total. The zero-order valence-corrected chi connectivity index (χ0v) is 17.9. The molecule has 0 aliphatic carbocycles. The van der Waals surface area contributed by atoms with Crippen molar-refractivity contribution in [3.63, 3.8) is 0 Å². The molecular formula is C22H27N5O4. The van der Waals surface area contributed by atoms with Crippen LogP contribution in [-0.2, 0) is 11.3 Å². The van der Waals surface area contributed by atoms with E-state index in [0.29, 0.717) is 12.1 Å². The Balaban J connectivity index is 2.09. The number of rotatable bonds is 8. The number of ether oxygens (including phenoxy) is 1. The first kappa shape index (κ1) is 22.1. The van der Waals surface area contributed by atoms with Crippen molar-refractivity contribution >= 4 is 17.4 Å². The van der Waals surface area contributed by atoms with Crippen LogP contribution in [0.3, 0.4) is 0 Å². The summed E-state index contributed by atoms with van der Waals surface area (Å²) in [4.78, 5) is 42.0. The molecule has 0 bridgehead atoms. The molecule has 2 aromatic heterocycles. The summed E-state index contributed by atoms with van der Waals surface area (Å²) < 4.78 is 8.30. The van der Waals surface area contributed by atoms with Crippen LogP contribution in [0.5, 0.6) is 0 Å². The molecule has 0 radical (unpaired) electrons. The molecule has 3 aromatic rings. The van der Waals surface area contributed by atoms with E-state index in [0.717, 1.165) is 5.69 Å². The van der Waals surface area contributed by atoms with Crippen LogP contribution in [0.4, 0.5) is 11.5 Å². The number of hydrogen-bond acceptors (Lipinski definition) is 5. The first-order valence-corrected chi connectivity index (χ1v) is 10.00. The molecule has 1 amide bonds. The summed E-state index contributed by atoms with van der Waals surface area (Å²) in [6, 6.07) is 10.8. The van der Waals surface area contributed by atoms with Crippen LogP contribution < -0.4 is 21.9 Å². The summed E-state index contributed by atoms with van der Waals surface area (Å²) in [5.41, 5.74) is 6.03. The van der Waals surface area contributed by atoms with E-state index in [-0.39, 0.29) is 30.6 Å². The maximum atomic E-state index is 13.5. The van der Waals surface area contributed by atoms with Crippen LogP contribution in [0.1, 0.15) is 24.2 Å². The molecule has 9 heteroatoms. The second kappa shape index (κ2) is 9.48. The highest BCUT2D eigenvalue weighted by Crippen LogP contribution is 2.21. The number of aromatic nitrogens is 3. The van der Waals surface area contributed by atoms with Gasteiger partial charge >= 0.3 is 5.69 Å². The number of nitrogens with zero attached hydrogens (tertiary/aromatic N) is 3. The maximum Gasteiger partial charge on any atom is 0.330 e. The highest BCUT2D eigenvalue weighted by molar-refractivity contribution is 6.07. The average Bonchev–Trinajstić information content (AvgIpc) is 3.28. The van der Waals surface area contributed by atoms with Gasteiger partial charge in [-0.05, 0) is 36.2 Å². The van der Waals surface area contributed by atoms with Crippen molar-refractivity contribution in [2.24, 2.45) is 5.92 Å². The molecule has 0 atom stereocenters. The molecule has 0 spiro atoms. The smallest absolute Gasteiger partial charge is 0.330 e. The number of amides is 1. The van der Waals surface area contributed by atoms with E-state index in [1.54, 1.807) is 18.2 Å². The Morgan fingerprint density at radius 1 is 1.19 bits per heavy atom. The summed E-state index contributed by atoms with van der Waals surface area (Å²) in [5.74, 6) is -0.355. The van der Waals surface area contributed by atoms with E-state index in [9.17, 15) is 14.4 Å². The van der Waals surface area contributed by atoms with Gasteiger partial charge in [-0.1, -0.05) is 19.9 Å². The first-order chi connectivity index (χ1) is 14.8. The molecule has 0 unspecified atom stereocenters. The van der Waals surface area contributed by atoms with Crippen molar-refractivity contribution in [1.82, 2.24) is 14.1 Å². The second-order valence-electron chi connectivity index (χ2n) is 7.59. The lowest BCUT2D eigenvalue weighted by molar-refractivity contribution is 0.0975. The van der Waals surface area contributed by atoms with Gasteiger partial charge < -0.3 is 15.0 Å². The number of H-pyrrole nitrogens is 1. The summed E-state index contributed by atoms with van der Waals surface area (Å²) in [6.07, 6.45) is 3.74. The van der Waals surface area contributed by atoms with Gasteiger partial charge in [0.15, 0.2) is 5.69 Å². The molecule has 0 fully saturated rings. The van der Waals surface area contributed by atoms with E-state index >= 15 is 0 Å². The summed E-state index contributed by atoms with van der Waals surface area (Å²) >= 11 is 0. The number of hydrogen-bond donors (Lipinski definition) is 2. The van der Waals surface area contributed by atoms with Gasteiger partial charge in [0.2, 0.25) is 0 Å². The van der Waals surface area contributed by atoms with Gasteiger partial charge in [0, 0.05) is 43.8 Å². The van der Waals surface area contributed by atoms with Gasteiger partial charge in [-0.15, -0.1) is 0 Å². The van der Waals surface area contributed by atoms with E-state index in [1.807, 2.05) is 49.0 Å². The van der Waals surface area contributed by atoms with Crippen molar-refractivity contribution in [3.05, 3.63) is 75.2 Å². The van der Waals surface area contributed by atoms with Gasteiger partial charge in [-0.25, -0.2) is 4.79 Å². The van der Waals surface area contributed by atoms with Gasteiger partial charge in [0.05, 0.1) is 6.61 Å². The van der Waals surface area contributed by atoms with Gasteiger partial charge in [-0.2, -0.15) is 0 Å². The Morgan fingerprint density at radius 2 is 1.90 bits per heavy atom. The van der Waals surface area contributed by atoms with Gasteiger partial charge in [0.25, 0.3) is 11.5 Å².